The Kier molecular flexibility index (Phi) is 10.8. The Labute approximate surface area is 322 Å². The minimum atomic E-state index is -3.62. The van der Waals surface area contributed by atoms with Crippen LogP contribution < -0.4 is 9.91 Å². The van der Waals surface area contributed by atoms with Gasteiger partial charge in [-0.3, -0.25) is 19.2 Å². The van der Waals surface area contributed by atoms with Gasteiger partial charge in [-0.1, -0.05) is 61.5 Å². The highest BCUT2D eigenvalue weighted by Crippen LogP contribution is 2.60. The lowest BCUT2D eigenvalue weighted by Gasteiger charge is -2.37. The van der Waals surface area contributed by atoms with Gasteiger partial charge in [0.05, 0.1) is 49.4 Å². The second kappa shape index (κ2) is 15.4. The normalized spacial score (nSPS) is 24.9. The summed E-state index contributed by atoms with van der Waals surface area (Å²) in [6.07, 6.45) is 1.33. The largest absolute Gasteiger partial charge is 0.469 e. The zero-order valence-corrected chi connectivity index (χ0v) is 32.9. The van der Waals surface area contributed by atoms with Crippen molar-refractivity contribution in [1.82, 2.24) is 4.90 Å². The fraction of sp³-hybridized carbons (Fsp3) is 0.452. The zero-order chi connectivity index (χ0) is 39.1. The predicted molar refractivity (Wildman–Crippen MR) is 209 cm³/mol. The lowest BCUT2D eigenvalue weighted by Crippen LogP contribution is -2.48. The molecule has 4 aliphatic heterocycles. The van der Waals surface area contributed by atoms with E-state index in [1.54, 1.807) is 41.1 Å². The summed E-state index contributed by atoms with van der Waals surface area (Å²) in [6, 6.07) is 22.4. The number of hydrogen-bond donors (Lipinski definition) is 1. The number of ether oxygens (including phenoxy) is 2. The van der Waals surface area contributed by atoms with E-state index in [1.807, 2.05) is 61.5 Å². The highest BCUT2D eigenvalue weighted by atomic mass is 28.4. The van der Waals surface area contributed by atoms with Crippen LogP contribution in [0, 0.1) is 5.92 Å². The number of rotatable bonds is 11. The van der Waals surface area contributed by atoms with Crippen molar-refractivity contribution in [3.05, 3.63) is 95.1 Å². The van der Waals surface area contributed by atoms with Crippen molar-refractivity contribution in [2.45, 2.75) is 94.8 Å². The van der Waals surface area contributed by atoms with E-state index in [2.05, 4.69) is 0 Å². The first kappa shape index (κ1) is 38.5. The van der Waals surface area contributed by atoms with Crippen LogP contribution in [0.1, 0.15) is 67.7 Å². The van der Waals surface area contributed by atoms with Gasteiger partial charge in [-0.15, -0.1) is 0 Å². The Hall–Kier alpha value is -4.72. The quantitative estimate of drug-likeness (QED) is 0.109. The van der Waals surface area contributed by atoms with Crippen LogP contribution in [0.4, 0.5) is 15.5 Å². The summed E-state index contributed by atoms with van der Waals surface area (Å²) in [5.41, 5.74) is 2.90. The number of benzene rings is 3. The van der Waals surface area contributed by atoms with Crippen LogP contribution >= 0.6 is 0 Å². The number of methoxy groups -OCH3 is 1. The molecule has 5 atom stereocenters. The van der Waals surface area contributed by atoms with E-state index in [0.29, 0.717) is 49.2 Å². The summed E-state index contributed by atoms with van der Waals surface area (Å²) < 4.78 is 28.4. The molecule has 1 spiro atoms. The van der Waals surface area contributed by atoms with Gasteiger partial charge in [0.2, 0.25) is 20.2 Å². The molecule has 13 heteroatoms. The first-order valence-corrected chi connectivity index (χ1v) is 22.2. The van der Waals surface area contributed by atoms with Crippen molar-refractivity contribution in [3.63, 3.8) is 0 Å². The maximum atomic E-state index is 16.7. The number of hydrogen-bond acceptors (Lipinski definition) is 8. The number of aliphatic hydroxyl groups excluding tert-OH is 1. The highest BCUT2D eigenvalue weighted by molar-refractivity contribution is 6.72. The molecule has 0 bridgehead atoms. The topological polar surface area (TPSA) is 129 Å². The van der Waals surface area contributed by atoms with E-state index in [1.165, 1.54) is 12.1 Å². The van der Waals surface area contributed by atoms with Gasteiger partial charge in [0.1, 0.15) is 0 Å². The summed E-state index contributed by atoms with van der Waals surface area (Å²) in [5, 5.41) is 16.5. The van der Waals surface area contributed by atoms with Crippen LogP contribution in [0.5, 0.6) is 0 Å². The van der Waals surface area contributed by atoms with Crippen molar-refractivity contribution in [1.29, 1.82) is 0 Å². The lowest BCUT2D eigenvalue weighted by atomic mass is 9.82. The zero-order valence-electron chi connectivity index (χ0n) is 31.9. The first-order valence-electron chi connectivity index (χ1n) is 19.2. The van der Waals surface area contributed by atoms with Gasteiger partial charge in [0, 0.05) is 49.4 Å². The number of nitrogens with zero attached hydrogens (tertiary/aromatic N) is 4. The number of unbranched alkanes of at least 4 members (excludes halogenated alkanes) is 1. The number of fused-ring (bicyclic) bond motifs is 3. The second-order valence-electron chi connectivity index (χ2n) is 15.6. The van der Waals surface area contributed by atoms with Crippen molar-refractivity contribution < 1.29 is 37.9 Å². The molecule has 0 aliphatic carbocycles. The van der Waals surface area contributed by atoms with E-state index in [9.17, 15) is 24.3 Å². The molecule has 55 heavy (non-hydrogen) atoms. The third-order valence-electron chi connectivity index (χ3n) is 11.8. The average molecular weight is 769 g/mol. The Balaban J connectivity index is 1.26. The SMILES string of the molecule is COC(=O)CCCCN1C(=O)[C@]2(O[C@H](CC(=O)N3Cc4ccccc4C[C@H]3CO)[C@@H]([Si](C)(C)F)[C@@H]2C)c2cc(N3N=C(c4ccccc4)CCC3=O)ccc21. The third kappa shape index (κ3) is 7.13. The van der Waals surface area contributed by atoms with Crippen LogP contribution in [0.15, 0.2) is 77.9 Å². The van der Waals surface area contributed by atoms with Gasteiger partial charge in [0.25, 0.3) is 5.91 Å². The van der Waals surface area contributed by atoms with E-state index in [-0.39, 0.29) is 56.1 Å². The van der Waals surface area contributed by atoms with E-state index in [0.717, 1.165) is 22.4 Å². The van der Waals surface area contributed by atoms with Gasteiger partial charge in [-0.05, 0) is 67.2 Å². The molecule has 1 saturated heterocycles. The predicted octanol–water partition coefficient (Wildman–Crippen LogP) is 6.02. The van der Waals surface area contributed by atoms with Crippen LogP contribution in [-0.2, 0) is 47.2 Å². The monoisotopic (exact) mass is 768 g/mol. The number of carbonyl (C=O) groups excluding carboxylic acids is 4. The molecule has 1 N–H and O–H groups in total. The Morgan fingerprint density at radius 2 is 1.75 bits per heavy atom. The standard InChI is InChI=1S/C42H49FN4O7Si/c1-27-40(55(3,4)43)36(24-38(50)46-25-30-15-9-8-14-29(30)22-32(46)26-48)54-42(27)33-23-31(47-37(49)20-18-34(44-47)28-12-6-5-7-13-28)17-19-35(33)45(41(42)52)21-11-10-16-39(51)53-2/h5-9,12-15,17,19,23,27,32,36,40,48H,10-11,16,18,20-22,24-26H2,1-4H3/t27-,32-,36+,40-,42+/m0/s1. The maximum Gasteiger partial charge on any atom is 0.305 e. The Morgan fingerprint density at radius 3 is 2.45 bits per heavy atom. The van der Waals surface area contributed by atoms with E-state index in [4.69, 9.17) is 14.6 Å². The fourth-order valence-electron chi connectivity index (χ4n) is 9.15. The molecule has 4 aliphatic rings. The number of halogens is 1. The molecule has 4 heterocycles. The van der Waals surface area contributed by atoms with E-state index >= 15 is 4.11 Å². The molecule has 3 aromatic rings. The lowest BCUT2D eigenvalue weighted by molar-refractivity contribution is -0.151. The first-order chi connectivity index (χ1) is 26.4. The van der Waals surface area contributed by atoms with Crippen LogP contribution in [-0.4, -0.2) is 80.2 Å². The average Bonchev–Trinajstić information content (AvgIpc) is 3.61. The fourth-order valence-corrected chi connectivity index (χ4v) is 11.6. The third-order valence-corrected chi connectivity index (χ3v) is 14.3. The highest BCUT2D eigenvalue weighted by Gasteiger charge is 2.67. The molecular weight excluding hydrogens is 720 g/mol. The second-order valence-corrected chi connectivity index (χ2v) is 19.4. The molecule has 3 amide bonds. The molecule has 0 unspecified atom stereocenters. The van der Waals surface area contributed by atoms with Crippen LogP contribution in [0.3, 0.4) is 0 Å². The minimum Gasteiger partial charge on any atom is -0.469 e. The number of carbonyl (C=O) groups is 4. The molecule has 290 valence electrons. The number of aliphatic hydroxyl groups is 1. The Morgan fingerprint density at radius 1 is 1.02 bits per heavy atom. The summed E-state index contributed by atoms with van der Waals surface area (Å²) in [6.45, 7) is 5.39. The van der Waals surface area contributed by atoms with Gasteiger partial charge in [0.15, 0.2) is 5.60 Å². The van der Waals surface area contributed by atoms with Crippen molar-refractivity contribution in [3.8, 4) is 0 Å². The summed E-state index contributed by atoms with van der Waals surface area (Å²) >= 11 is 0. The molecule has 7 rings (SSSR count). The molecular formula is C42H49FN4O7Si. The van der Waals surface area contributed by atoms with Crippen LogP contribution in [0.25, 0.3) is 0 Å². The molecule has 1 fully saturated rings. The molecule has 3 aromatic carbocycles. The van der Waals surface area contributed by atoms with Gasteiger partial charge in [-0.25, -0.2) is 5.01 Å². The van der Waals surface area contributed by atoms with Crippen molar-refractivity contribution in [2.75, 3.05) is 30.2 Å². The van der Waals surface area contributed by atoms with E-state index < -0.39 is 37.6 Å². The van der Waals surface area contributed by atoms with Gasteiger partial charge in [-0.2, -0.15) is 5.10 Å². The number of esters is 1. The summed E-state index contributed by atoms with van der Waals surface area (Å²) in [7, 11) is -2.28. The molecule has 0 aromatic heterocycles. The maximum absolute atomic E-state index is 16.7. The number of hydrazone groups is 1. The van der Waals surface area contributed by atoms with Crippen LogP contribution in [0.2, 0.25) is 18.6 Å². The minimum absolute atomic E-state index is 0.160. The summed E-state index contributed by atoms with van der Waals surface area (Å²) in [5.74, 6) is -1.84. The van der Waals surface area contributed by atoms with Crippen molar-refractivity contribution >= 4 is 49.2 Å². The van der Waals surface area contributed by atoms with Gasteiger partial charge < -0.3 is 28.5 Å². The molecule has 0 radical (unpaired) electrons. The summed E-state index contributed by atoms with van der Waals surface area (Å²) in [4.78, 5) is 57.8. The smallest absolute Gasteiger partial charge is 0.305 e. The number of amides is 3. The van der Waals surface area contributed by atoms with Gasteiger partial charge >= 0.3 is 5.97 Å². The number of anilines is 2. The van der Waals surface area contributed by atoms with Crippen molar-refractivity contribution in [2.24, 2.45) is 11.0 Å². The Bertz CT molecular complexity index is 2000. The molecule has 11 nitrogen and oxygen atoms in total. The molecule has 0 saturated carbocycles.